The van der Waals surface area contributed by atoms with Gasteiger partial charge in [0.15, 0.2) is 0 Å². The lowest BCUT2D eigenvalue weighted by atomic mass is 10.1. The Hall–Kier alpha value is -2.84. The summed E-state index contributed by atoms with van der Waals surface area (Å²) in [6.45, 7) is 1.42. The highest BCUT2D eigenvalue weighted by Gasteiger charge is 2.47. The van der Waals surface area contributed by atoms with Crippen LogP contribution in [0.3, 0.4) is 0 Å². The molecule has 2 unspecified atom stereocenters. The fraction of sp³-hybridized carbons (Fsp3) is 0.227. The minimum absolute atomic E-state index is 0.198. The maximum Gasteiger partial charge on any atom is 0.328 e. The minimum Gasteiger partial charge on any atom is -0.323 e. The molecule has 160 valence electrons. The topological polar surface area (TPSA) is 69.7 Å². The number of thioether (sulfide) groups is 1. The molecule has 2 atom stereocenters. The van der Waals surface area contributed by atoms with Crippen molar-refractivity contribution in [1.82, 2.24) is 9.80 Å². The summed E-state index contributed by atoms with van der Waals surface area (Å²) in [4.78, 5) is 41.1. The molecule has 2 aromatic carbocycles. The average molecular weight is 460 g/mol. The second-order valence-corrected chi connectivity index (χ2v) is 8.79. The summed E-state index contributed by atoms with van der Waals surface area (Å²) in [6, 6.07) is 10.0. The zero-order valence-electron chi connectivity index (χ0n) is 16.5. The molecule has 2 aromatic rings. The molecule has 0 aromatic heterocycles. The van der Waals surface area contributed by atoms with Gasteiger partial charge < -0.3 is 10.2 Å². The fourth-order valence-corrected chi connectivity index (χ4v) is 4.92. The number of imide groups is 1. The van der Waals surface area contributed by atoms with Gasteiger partial charge in [0.2, 0.25) is 11.8 Å². The van der Waals surface area contributed by atoms with Gasteiger partial charge in [-0.2, -0.15) is 0 Å². The van der Waals surface area contributed by atoms with Crippen LogP contribution in [0.1, 0.15) is 11.1 Å². The van der Waals surface area contributed by atoms with Crippen LogP contribution < -0.4 is 5.32 Å². The summed E-state index contributed by atoms with van der Waals surface area (Å²) >= 11 is 7.46. The summed E-state index contributed by atoms with van der Waals surface area (Å²) in [6.07, 6.45) is 1.73. The van der Waals surface area contributed by atoms with Crippen molar-refractivity contribution in [3.63, 3.8) is 0 Å². The number of halogens is 2. The summed E-state index contributed by atoms with van der Waals surface area (Å²) < 4.78 is 14.1. The van der Waals surface area contributed by atoms with Crippen molar-refractivity contribution in [3.8, 4) is 0 Å². The Morgan fingerprint density at radius 3 is 2.74 bits per heavy atom. The Balaban J connectivity index is 1.54. The van der Waals surface area contributed by atoms with Gasteiger partial charge in [0, 0.05) is 5.56 Å². The van der Waals surface area contributed by atoms with Crippen LogP contribution >= 0.6 is 23.4 Å². The molecule has 1 fully saturated rings. The molecule has 0 radical (unpaired) electrons. The highest BCUT2D eigenvalue weighted by molar-refractivity contribution is 8.03. The number of rotatable bonds is 5. The third kappa shape index (κ3) is 4.31. The summed E-state index contributed by atoms with van der Waals surface area (Å²) in [5, 5.41) is 4.28. The lowest BCUT2D eigenvalue weighted by Crippen LogP contribution is -2.62. The van der Waals surface area contributed by atoms with Crippen molar-refractivity contribution in [2.75, 3.05) is 11.9 Å². The summed E-state index contributed by atoms with van der Waals surface area (Å²) in [7, 11) is 0. The van der Waals surface area contributed by atoms with Crippen molar-refractivity contribution in [1.29, 1.82) is 0 Å². The molecule has 1 saturated heterocycles. The second kappa shape index (κ2) is 8.72. The smallest absolute Gasteiger partial charge is 0.323 e. The number of benzene rings is 2. The van der Waals surface area contributed by atoms with Gasteiger partial charge >= 0.3 is 6.03 Å². The molecule has 2 aliphatic rings. The van der Waals surface area contributed by atoms with E-state index in [1.807, 2.05) is 13.0 Å². The van der Waals surface area contributed by atoms with Crippen molar-refractivity contribution < 1.29 is 18.8 Å². The number of nitrogens with zero attached hydrogens (tertiary/aromatic N) is 2. The van der Waals surface area contributed by atoms with Gasteiger partial charge in [-0.05, 0) is 36.1 Å². The molecule has 0 saturated carbocycles. The number of carbonyl (C=O) groups is 3. The first kappa shape index (κ1) is 21.4. The number of anilines is 1. The zero-order chi connectivity index (χ0) is 22.1. The van der Waals surface area contributed by atoms with E-state index in [9.17, 15) is 18.8 Å². The largest absolute Gasteiger partial charge is 0.328 e. The molecule has 0 aliphatic carbocycles. The highest BCUT2D eigenvalue weighted by Crippen LogP contribution is 2.35. The molecular weight excluding hydrogens is 441 g/mol. The first-order valence-electron chi connectivity index (χ1n) is 9.58. The van der Waals surface area contributed by atoms with Crippen LogP contribution in [0.15, 0.2) is 53.9 Å². The molecular formula is C22H19ClFN3O3S. The minimum atomic E-state index is -0.633. The van der Waals surface area contributed by atoms with E-state index in [4.69, 9.17) is 11.6 Å². The molecule has 2 heterocycles. The maximum absolute atomic E-state index is 14.1. The Morgan fingerprint density at radius 2 is 2.00 bits per heavy atom. The maximum atomic E-state index is 14.1. The second-order valence-electron chi connectivity index (χ2n) is 7.33. The Bertz CT molecular complexity index is 1090. The number of hydrogen-bond donors (Lipinski definition) is 1. The molecule has 4 amide bonds. The van der Waals surface area contributed by atoms with Crippen LogP contribution in [0.25, 0.3) is 0 Å². The van der Waals surface area contributed by atoms with Crippen LogP contribution in [0.5, 0.6) is 0 Å². The number of urea groups is 1. The van der Waals surface area contributed by atoms with Crippen LogP contribution in [-0.4, -0.2) is 45.5 Å². The SMILES string of the molecule is Cc1ccc(NC(=O)CN2C(=O)N(Cc3ccccc3F)C(=O)C3SC=CC32)c(Cl)c1. The number of carbonyl (C=O) groups excluding carboxylic acids is 3. The highest BCUT2D eigenvalue weighted by atomic mass is 35.5. The van der Waals surface area contributed by atoms with Crippen LogP contribution in [0.4, 0.5) is 14.9 Å². The monoisotopic (exact) mass is 459 g/mol. The van der Waals surface area contributed by atoms with Crippen molar-refractivity contribution >= 4 is 46.9 Å². The molecule has 2 aliphatic heterocycles. The normalized spacial score (nSPS) is 20.2. The first-order chi connectivity index (χ1) is 14.8. The van der Waals surface area contributed by atoms with Gasteiger partial charge in [-0.1, -0.05) is 41.9 Å². The van der Waals surface area contributed by atoms with E-state index in [1.165, 1.54) is 34.9 Å². The van der Waals surface area contributed by atoms with Gasteiger partial charge in [-0.15, -0.1) is 11.8 Å². The number of aryl methyl sites for hydroxylation is 1. The van der Waals surface area contributed by atoms with E-state index in [2.05, 4.69) is 5.32 Å². The van der Waals surface area contributed by atoms with Gasteiger partial charge in [0.25, 0.3) is 0 Å². The van der Waals surface area contributed by atoms with Crippen molar-refractivity contribution in [2.24, 2.45) is 0 Å². The van der Waals surface area contributed by atoms with E-state index in [0.29, 0.717) is 10.7 Å². The number of hydrogen-bond acceptors (Lipinski definition) is 4. The quantitative estimate of drug-likeness (QED) is 0.728. The van der Waals surface area contributed by atoms with E-state index in [1.54, 1.807) is 29.7 Å². The number of nitrogens with one attached hydrogen (secondary N) is 1. The van der Waals surface area contributed by atoms with Crippen LogP contribution in [0, 0.1) is 12.7 Å². The lowest BCUT2D eigenvalue weighted by molar-refractivity contribution is -0.133. The predicted molar refractivity (Wildman–Crippen MR) is 118 cm³/mol. The molecule has 0 spiro atoms. The molecule has 0 bridgehead atoms. The van der Waals surface area contributed by atoms with Crippen LogP contribution in [-0.2, 0) is 16.1 Å². The lowest BCUT2D eigenvalue weighted by Gasteiger charge is -2.41. The van der Waals surface area contributed by atoms with Gasteiger partial charge in [0.05, 0.1) is 23.3 Å². The molecule has 1 N–H and O–H groups in total. The Morgan fingerprint density at radius 1 is 1.23 bits per heavy atom. The predicted octanol–water partition coefficient (Wildman–Crippen LogP) is 4.19. The Labute approximate surface area is 188 Å². The third-order valence-electron chi connectivity index (χ3n) is 5.16. The number of amides is 4. The Kier molecular flexibility index (Phi) is 6.02. The van der Waals surface area contributed by atoms with Crippen molar-refractivity contribution in [2.45, 2.75) is 24.8 Å². The van der Waals surface area contributed by atoms with Gasteiger partial charge in [-0.3, -0.25) is 14.5 Å². The summed E-state index contributed by atoms with van der Waals surface area (Å²) in [5.74, 6) is -1.34. The van der Waals surface area contributed by atoms with E-state index in [0.717, 1.165) is 10.5 Å². The third-order valence-corrected chi connectivity index (χ3v) is 6.56. The van der Waals surface area contributed by atoms with E-state index < -0.39 is 35.0 Å². The number of fused-ring (bicyclic) bond motifs is 1. The average Bonchev–Trinajstić information content (AvgIpc) is 3.22. The molecule has 6 nitrogen and oxygen atoms in total. The van der Waals surface area contributed by atoms with Gasteiger partial charge in [0.1, 0.15) is 17.6 Å². The zero-order valence-corrected chi connectivity index (χ0v) is 18.1. The van der Waals surface area contributed by atoms with E-state index >= 15 is 0 Å². The first-order valence-corrected chi connectivity index (χ1v) is 10.9. The molecule has 31 heavy (non-hydrogen) atoms. The standard InChI is InChI=1S/C22H19ClFN3O3S/c1-13-6-7-17(15(23)10-13)25-19(28)12-26-18-8-9-31-20(18)21(29)27(22(26)30)11-14-4-2-3-5-16(14)24/h2-10,18,20H,11-12H2,1H3,(H,25,28). The van der Waals surface area contributed by atoms with Gasteiger partial charge in [-0.25, -0.2) is 9.18 Å². The van der Waals surface area contributed by atoms with Crippen LogP contribution in [0.2, 0.25) is 5.02 Å². The fourth-order valence-electron chi connectivity index (χ4n) is 3.58. The summed E-state index contributed by atoms with van der Waals surface area (Å²) in [5.41, 5.74) is 1.62. The molecule has 4 rings (SSSR count). The van der Waals surface area contributed by atoms with E-state index in [-0.39, 0.29) is 18.7 Å². The molecule has 9 heteroatoms. The van der Waals surface area contributed by atoms with Crippen molar-refractivity contribution in [3.05, 3.63) is 75.9 Å².